The number of carbonyl (C=O) groups is 2. The third-order valence-electron chi connectivity index (χ3n) is 7.07. The van der Waals surface area contributed by atoms with E-state index in [1.165, 1.54) is 5.57 Å². The molecule has 1 saturated heterocycles. The number of hydrogen-bond donors (Lipinski definition) is 2. The SMILES string of the molecule is COc1ccccc1C(=O)NCC1(C2=CCCC=C2)CCC(OC(=O)NC2OCCN2C)CC1. The summed E-state index contributed by atoms with van der Waals surface area (Å²) >= 11 is 0. The molecular weight excluding hydrogens is 434 g/mol. The number of alkyl carbamates (subject to hydrolysis) is 1. The molecule has 0 spiro atoms. The molecule has 1 unspecified atom stereocenters. The van der Waals surface area contributed by atoms with Crippen molar-refractivity contribution in [2.24, 2.45) is 5.41 Å². The lowest BCUT2D eigenvalue weighted by atomic mass is 9.67. The number of allylic oxidation sites excluding steroid dienone is 3. The van der Waals surface area contributed by atoms with Crippen molar-refractivity contribution in [3.63, 3.8) is 0 Å². The molecule has 8 nitrogen and oxygen atoms in total. The van der Waals surface area contributed by atoms with Gasteiger partial charge in [0.2, 0.25) is 0 Å². The Kier molecular flexibility index (Phi) is 7.90. The summed E-state index contributed by atoms with van der Waals surface area (Å²) in [5.74, 6) is 0.418. The number of likely N-dealkylation sites (N-methyl/N-ethyl adjacent to an activating group) is 1. The number of amides is 2. The third-order valence-corrected chi connectivity index (χ3v) is 7.07. The Morgan fingerprint density at radius 3 is 2.68 bits per heavy atom. The lowest BCUT2D eigenvalue weighted by molar-refractivity contribution is -0.00104. The highest BCUT2D eigenvalue weighted by atomic mass is 16.6. The van der Waals surface area contributed by atoms with E-state index in [1.807, 2.05) is 24.1 Å². The van der Waals surface area contributed by atoms with E-state index in [2.05, 4.69) is 28.9 Å². The number of methoxy groups -OCH3 is 1. The molecule has 2 amide bonds. The van der Waals surface area contributed by atoms with Crippen LogP contribution in [-0.4, -0.2) is 63.2 Å². The normalized spacial score (nSPS) is 27.1. The minimum absolute atomic E-state index is 0.143. The van der Waals surface area contributed by atoms with E-state index >= 15 is 0 Å². The Balaban J connectivity index is 1.38. The molecule has 8 heteroatoms. The van der Waals surface area contributed by atoms with Crippen LogP contribution in [0.1, 0.15) is 48.9 Å². The zero-order chi connectivity index (χ0) is 24.0. The average Bonchev–Trinajstić information content (AvgIpc) is 3.28. The van der Waals surface area contributed by atoms with Gasteiger partial charge in [0.1, 0.15) is 11.9 Å². The van der Waals surface area contributed by atoms with Gasteiger partial charge in [-0.15, -0.1) is 0 Å². The first-order valence-electron chi connectivity index (χ1n) is 12.1. The van der Waals surface area contributed by atoms with Crippen LogP contribution in [0.15, 0.2) is 48.1 Å². The molecule has 3 aliphatic rings. The van der Waals surface area contributed by atoms with Crippen molar-refractivity contribution in [3.8, 4) is 5.75 Å². The quantitative estimate of drug-likeness (QED) is 0.634. The maximum atomic E-state index is 13.0. The van der Waals surface area contributed by atoms with Crippen LogP contribution in [0.4, 0.5) is 4.79 Å². The van der Waals surface area contributed by atoms with Crippen LogP contribution in [-0.2, 0) is 9.47 Å². The van der Waals surface area contributed by atoms with Gasteiger partial charge in [-0.3, -0.25) is 15.0 Å². The van der Waals surface area contributed by atoms with E-state index in [0.29, 0.717) is 24.5 Å². The van der Waals surface area contributed by atoms with Crippen LogP contribution >= 0.6 is 0 Å². The van der Waals surface area contributed by atoms with Gasteiger partial charge < -0.3 is 19.5 Å². The lowest BCUT2D eigenvalue weighted by Gasteiger charge is -2.42. The Bertz CT molecular complexity index is 936. The first-order valence-corrected chi connectivity index (χ1v) is 12.1. The number of nitrogens with zero attached hydrogens (tertiary/aromatic N) is 1. The summed E-state index contributed by atoms with van der Waals surface area (Å²) in [7, 11) is 3.47. The Labute approximate surface area is 201 Å². The summed E-state index contributed by atoms with van der Waals surface area (Å²) in [6.07, 6.45) is 10.8. The predicted octanol–water partition coefficient (Wildman–Crippen LogP) is 3.60. The molecule has 0 aromatic heterocycles. The van der Waals surface area contributed by atoms with Gasteiger partial charge in [0, 0.05) is 18.5 Å². The van der Waals surface area contributed by atoms with Gasteiger partial charge in [-0.2, -0.15) is 0 Å². The van der Waals surface area contributed by atoms with Crippen molar-refractivity contribution in [1.29, 1.82) is 0 Å². The molecule has 1 aliphatic heterocycles. The number of nitrogens with one attached hydrogen (secondary N) is 2. The zero-order valence-electron chi connectivity index (χ0n) is 20.0. The maximum absolute atomic E-state index is 13.0. The fourth-order valence-corrected chi connectivity index (χ4v) is 5.00. The van der Waals surface area contributed by atoms with E-state index in [1.54, 1.807) is 19.2 Å². The standard InChI is InChI=1S/C26H35N3O5/c1-29-16-17-33-24(29)28-25(31)34-20-12-14-26(15-13-20,19-8-4-3-5-9-19)18-27-23(30)21-10-6-7-11-22(21)32-2/h4,6-11,20,24H,3,5,12-18H2,1-2H3,(H,27,30)(H,28,31). The second-order valence-electron chi connectivity index (χ2n) is 9.26. The Morgan fingerprint density at radius 1 is 1.21 bits per heavy atom. The molecule has 4 rings (SSSR count). The molecular formula is C26H35N3O5. The monoisotopic (exact) mass is 469 g/mol. The Hall–Kier alpha value is -2.84. The first kappa shape index (κ1) is 24.3. The zero-order valence-corrected chi connectivity index (χ0v) is 20.0. The summed E-state index contributed by atoms with van der Waals surface area (Å²) in [6, 6.07) is 7.25. The molecule has 34 heavy (non-hydrogen) atoms. The van der Waals surface area contributed by atoms with Crippen LogP contribution in [0.25, 0.3) is 0 Å². The van der Waals surface area contributed by atoms with Crippen molar-refractivity contribution in [2.45, 2.75) is 51.0 Å². The van der Waals surface area contributed by atoms with Gasteiger partial charge in [0.25, 0.3) is 5.91 Å². The fourth-order valence-electron chi connectivity index (χ4n) is 5.00. The highest BCUT2D eigenvalue weighted by Crippen LogP contribution is 2.44. The van der Waals surface area contributed by atoms with Crippen LogP contribution in [0.2, 0.25) is 0 Å². The third kappa shape index (κ3) is 5.62. The van der Waals surface area contributed by atoms with Gasteiger partial charge in [-0.25, -0.2) is 4.79 Å². The second kappa shape index (κ2) is 11.1. The molecule has 184 valence electrons. The number of hydrogen-bond acceptors (Lipinski definition) is 6. The van der Waals surface area contributed by atoms with E-state index in [9.17, 15) is 9.59 Å². The molecule has 0 radical (unpaired) electrons. The van der Waals surface area contributed by atoms with E-state index in [4.69, 9.17) is 14.2 Å². The number of para-hydroxylation sites is 1. The van der Waals surface area contributed by atoms with Crippen LogP contribution in [0.5, 0.6) is 5.75 Å². The molecule has 0 bridgehead atoms. The van der Waals surface area contributed by atoms with Gasteiger partial charge in [-0.05, 0) is 63.3 Å². The minimum atomic E-state index is -0.447. The van der Waals surface area contributed by atoms with Crippen molar-refractivity contribution < 1.29 is 23.8 Å². The maximum Gasteiger partial charge on any atom is 0.410 e. The number of benzene rings is 1. The summed E-state index contributed by atoms with van der Waals surface area (Å²) in [4.78, 5) is 27.3. The smallest absolute Gasteiger partial charge is 0.410 e. The van der Waals surface area contributed by atoms with E-state index < -0.39 is 12.4 Å². The summed E-state index contributed by atoms with van der Waals surface area (Å²) < 4.78 is 16.6. The van der Waals surface area contributed by atoms with E-state index in [-0.39, 0.29) is 17.4 Å². The van der Waals surface area contributed by atoms with Crippen molar-refractivity contribution >= 4 is 12.0 Å². The topological polar surface area (TPSA) is 89.1 Å². The molecule has 2 fully saturated rings. The summed E-state index contributed by atoms with van der Waals surface area (Å²) in [6.45, 7) is 1.90. The second-order valence-corrected chi connectivity index (χ2v) is 9.26. The van der Waals surface area contributed by atoms with Crippen LogP contribution < -0.4 is 15.4 Å². The van der Waals surface area contributed by atoms with Crippen molar-refractivity contribution in [3.05, 3.63) is 53.6 Å². The number of carbonyl (C=O) groups excluding carboxylic acids is 2. The van der Waals surface area contributed by atoms with Crippen molar-refractivity contribution in [1.82, 2.24) is 15.5 Å². The largest absolute Gasteiger partial charge is 0.496 e. The average molecular weight is 470 g/mol. The van der Waals surface area contributed by atoms with Gasteiger partial charge in [0.15, 0.2) is 6.35 Å². The molecule has 2 N–H and O–H groups in total. The first-order chi connectivity index (χ1) is 16.5. The molecule has 1 saturated carbocycles. The van der Waals surface area contributed by atoms with Gasteiger partial charge in [0.05, 0.1) is 19.3 Å². The van der Waals surface area contributed by atoms with E-state index in [0.717, 1.165) is 45.1 Å². The highest BCUT2D eigenvalue weighted by Gasteiger charge is 2.39. The molecule has 1 atom stereocenters. The van der Waals surface area contributed by atoms with Crippen LogP contribution in [0.3, 0.4) is 0 Å². The summed E-state index contributed by atoms with van der Waals surface area (Å²) in [5.41, 5.74) is 1.61. The molecule has 1 aromatic carbocycles. The number of ether oxygens (including phenoxy) is 3. The highest BCUT2D eigenvalue weighted by molar-refractivity contribution is 5.96. The molecule has 1 aromatic rings. The molecule has 1 heterocycles. The minimum Gasteiger partial charge on any atom is -0.496 e. The number of rotatable bonds is 7. The fraction of sp³-hybridized carbons (Fsp3) is 0.538. The van der Waals surface area contributed by atoms with Crippen molar-refractivity contribution in [2.75, 3.05) is 33.9 Å². The van der Waals surface area contributed by atoms with Crippen LogP contribution in [0, 0.1) is 5.41 Å². The Morgan fingerprint density at radius 2 is 2.00 bits per heavy atom. The van der Waals surface area contributed by atoms with Gasteiger partial charge in [-0.1, -0.05) is 30.4 Å². The summed E-state index contributed by atoms with van der Waals surface area (Å²) in [5, 5.41) is 5.93. The lowest BCUT2D eigenvalue weighted by Crippen LogP contribution is -2.46. The van der Waals surface area contributed by atoms with Gasteiger partial charge >= 0.3 is 6.09 Å². The predicted molar refractivity (Wildman–Crippen MR) is 128 cm³/mol. The molecule has 2 aliphatic carbocycles.